The lowest BCUT2D eigenvalue weighted by Crippen LogP contribution is -2.39. The van der Waals surface area contributed by atoms with Gasteiger partial charge in [0.1, 0.15) is 18.2 Å². The van der Waals surface area contributed by atoms with Crippen molar-refractivity contribution in [1.82, 2.24) is 15.1 Å². The lowest BCUT2D eigenvalue weighted by atomic mass is 10.1. The summed E-state index contributed by atoms with van der Waals surface area (Å²) in [4.78, 5) is 24.4. The average Bonchev–Trinajstić information content (AvgIpc) is 2.59. The van der Waals surface area contributed by atoms with Crippen LogP contribution in [0.5, 0.6) is 0 Å². The first-order valence-electron chi connectivity index (χ1n) is 8.24. The van der Waals surface area contributed by atoms with Gasteiger partial charge in [0.05, 0.1) is 5.69 Å². The zero-order valence-electron chi connectivity index (χ0n) is 14.7. The third kappa shape index (κ3) is 4.77. The second kappa shape index (κ2) is 8.25. The molecule has 0 fully saturated rings. The molecule has 0 aliphatic rings. The number of carbonyl (C=O) groups excluding carboxylic acids is 1. The Labute approximate surface area is 147 Å². The van der Waals surface area contributed by atoms with Crippen molar-refractivity contribution >= 4 is 5.91 Å². The van der Waals surface area contributed by atoms with Gasteiger partial charge in [-0.3, -0.25) is 9.59 Å². The van der Waals surface area contributed by atoms with Gasteiger partial charge in [-0.05, 0) is 44.7 Å². The van der Waals surface area contributed by atoms with Crippen LogP contribution in [0, 0.1) is 25.2 Å². The smallest absolute Gasteiger partial charge is 0.285 e. The maximum absolute atomic E-state index is 12.2. The van der Waals surface area contributed by atoms with Crippen molar-refractivity contribution in [1.29, 1.82) is 5.26 Å². The van der Waals surface area contributed by atoms with Crippen LogP contribution in [-0.4, -0.2) is 21.7 Å². The quantitative estimate of drug-likeness (QED) is 0.871. The highest BCUT2D eigenvalue weighted by Gasteiger charge is 2.15. The van der Waals surface area contributed by atoms with Crippen molar-refractivity contribution in [2.45, 2.75) is 46.2 Å². The van der Waals surface area contributed by atoms with Gasteiger partial charge in [0.25, 0.3) is 5.56 Å². The Balaban J connectivity index is 1.97. The van der Waals surface area contributed by atoms with E-state index in [2.05, 4.69) is 22.5 Å². The van der Waals surface area contributed by atoms with Crippen molar-refractivity contribution in [3.63, 3.8) is 0 Å². The van der Waals surface area contributed by atoms with Crippen LogP contribution in [0.1, 0.15) is 35.7 Å². The normalized spacial score (nSPS) is 11.6. The first-order chi connectivity index (χ1) is 11.9. The number of carbonyl (C=O) groups is 1. The highest BCUT2D eigenvalue weighted by molar-refractivity contribution is 5.75. The molecule has 0 bridgehead atoms. The average molecular weight is 338 g/mol. The molecule has 0 saturated heterocycles. The molecule has 0 spiro atoms. The number of benzene rings is 1. The zero-order valence-corrected chi connectivity index (χ0v) is 14.7. The van der Waals surface area contributed by atoms with Crippen LogP contribution in [0.25, 0.3) is 0 Å². The monoisotopic (exact) mass is 338 g/mol. The van der Waals surface area contributed by atoms with Crippen molar-refractivity contribution in [3.05, 3.63) is 63.1 Å². The number of hydrogen-bond donors (Lipinski definition) is 1. The lowest BCUT2D eigenvalue weighted by molar-refractivity contribution is -0.122. The molecule has 0 aliphatic carbocycles. The minimum atomic E-state index is -0.530. The van der Waals surface area contributed by atoms with Gasteiger partial charge in [0, 0.05) is 6.04 Å². The van der Waals surface area contributed by atoms with E-state index in [1.807, 2.05) is 31.2 Å². The summed E-state index contributed by atoms with van der Waals surface area (Å²) in [6, 6.07) is 11.9. The van der Waals surface area contributed by atoms with Gasteiger partial charge in [-0.2, -0.15) is 10.4 Å². The molecule has 6 nitrogen and oxygen atoms in total. The summed E-state index contributed by atoms with van der Waals surface area (Å²) in [7, 11) is 0. The molecule has 0 aliphatic heterocycles. The SMILES string of the molecule is Cc1nn(CC(=O)N[C@@H](C)CCc2ccccc2)c(=O)c(C#N)c1C. The first kappa shape index (κ1) is 18.4. The fourth-order valence-corrected chi connectivity index (χ4v) is 2.57. The molecule has 1 N–H and O–H groups in total. The van der Waals surface area contributed by atoms with Crippen LogP contribution >= 0.6 is 0 Å². The molecule has 1 aromatic carbocycles. The van der Waals surface area contributed by atoms with Crippen molar-refractivity contribution < 1.29 is 4.79 Å². The molecule has 1 amide bonds. The fraction of sp³-hybridized carbons (Fsp3) is 0.368. The number of rotatable bonds is 6. The van der Waals surface area contributed by atoms with Crippen LogP contribution in [0.4, 0.5) is 0 Å². The van der Waals surface area contributed by atoms with Crippen molar-refractivity contribution in [3.8, 4) is 6.07 Å². The van der Waals surface area contributed by atoms with Crippen molar-refractivity contribution in [2.24, 2.45) is 0 Å². The molecule has 0 saturated carbocycles. The predicted molar refractivity (Wildman–Crippen MR) is 95.1 cm³/mol. The minimum absolute atomic E-state index is 0.0228. The topological polar surface area (TPSA) is 87.8 Å². The van der Waals surface area contributed by atoms with E-state index in [9.17, 15) is 9.59 Å². The molecule has 2 rings (SSSR count). The van der Waals surface area contributed by atoms with Crippen molar-refractivity contribution in [2.75, 3.05) is 0 Å². The number of hydrogen-bond acceptors (Lipinski definition) is 4. The molecule has 0 unspecified atom stereocenters. The summed E-state index contributed by atoms with van der Waals surface area (Å²) >= 11 is 0. The van der Waals surface area contributed by atoms with E-state index >= 15 is 0 Å². The number of aryl methyl sites for hydroxylation is 2. The maximum atomic E-state index is 12.2. The van der Waals surface area contributed by atoms with Gasteiger partial charge >= 0.3 is 0 Å². The van der Waals surface area contributed by atoms with Crippen LogP contribution < -0.4 is 10.9 Å². The summed E-state index contributed by atoms with van der Waals surface area (Å²) < 4.78 is 1.06. The van der Waals surface area contributed by atoms with E-state index in [0.29, 0.717) is 11.3 Å². The maximum Gasteiger partial charge on any atom is 0.285 e. The highest BCUT2D eigenvalue weighted by Crippen LogP contribution is 2.06. The Morgan fingerprint density at radius 1 is 1.32 bits per heavy atom. The molecular formula is C19H22N4O2. The van der Waals surface area contributed by atoms with Crippen LogP contribution in [0.2, 0.25) is 0 Å². The molecule has 1 aromatic heterocycles. The Morgan fingerprint density at radius 2 is 2.00 bits per heavy atom. The Morgan fingerprint density at radius 3 is 2.64 bits per heavy atom. The molecule has 0 radical (unpaired) electrons. The van der Waals surface area contributed by atoms with E-state index in [1.54, 1.807) is 13.8 Å². The Hall–Kier alpha value is -2.94. The molecule has 25 heavy (non-hydrogen) atoms. The van der Waals surface area contributed by atoms with Crippen LogP contribution in [0.3, 0.4) is 0 Å². The van der Waals surface area contributed by atoms with Gasteiger partial charge in [-0.1, -0.05) is 30.3 Å². The summed E-state index contributed by atoms with van der Waals surface area (Å²) in [5.41, 5.74) is 1.85. The Bertz CT molecular complexity index is 850. The van der Waals surface area contributed by atoms with Gasteiger partial charge < -0.3 is 5.32 Å². The van der Waals surface area contributed by atoms with E-state index in [0.717, 1.165) is 17.5 Å². The van der Waals surface area contributed by atoms with Crippen LogP contribution in [0.15, 0.2) is 35.1 Å². The van der Waals surface area contributed by atoms with Gasteiger partial charge in [0.15, 0.2) is 0 Å². The summed E-state index contributed by atoms with van der Waals surface area (Å²) in [5, 5.41) is 16.1. The molecule has 1 heterocycles. The summed E-state index contributed by atoms with van der Waals surface area (Å²) in [6.45, 7) is 5.13. The zero-order chi connectivity index (χ0) is 18.4. The van der Waals surface area contributed by atoms with E-state index < -0.39 is 5.56 Å². The molecule has 6 heteroatoms. The van der Waals surface area contributed by atoms with Gasteiger partial charge in [-0.15, -0.1) is 0 Å². The third-order valence-corrected chi connectivity index (χ3v) is 4.16. The summed E-state index contributed by atoms with van der Waals surface area (Å²) in [6.07, 6.45) is 1.66. The number of amides is 1. The van der Waals surface area contributed by atoms with Crippen LogP contribution in [-0.2, 0) is 17.8 Å². The molecule has 2 aromatic rings. The van der Waals surface area contributed by atoms with E-state index in [-0.39, 0.29) is 24.1 Å². The second-order valence-corrected chi connectivity index (χ2v) is 6.15. The first-order valence-corrected chi connectivity index (χ1v) is 8.24. The predicted octanol–water partition coefficient (Wildman–Crippen LogP) is 1.87. The number of nitriles is 1. The Kier molecular flexibility index (Phi) is 6.07. The second-order valence-electron chi connectivity index (χ2n) is 6.15. The minimum Gasteiger partial charge on any atom is -0.352 e. The third-order valence-electron chi connectivity index (χ3n) is 4.16. The number of nitrogens with one attached hydrogen (secondary N) is 1. The van der Waals surface area contributed by atoms with E-state index in [4.69, 9.17) is 5.26 Å². The lowest BCUT2D eigenvalue weighted by Gasteiger charge is -2.15. The number of aromatic nitrogens is 2. The fourth-order valence-electron chi connectivity index (χ4n) is 2.57. The largest absolute Gasteiger partial charge is 0.352 e. The molecule has 1 atom stereocenters. The van der Waals surface area contributed by atoms with Gasteiger partial charge in [0.2, 0.25) is 5.91 Å². The summed E-state index contributed by atoms with van der Waals surface area (Å²) in [5.74, 6) is -0.290. The van der Waals surface area contributed by atoms with E-state index in [1.165, 1.54) is 5.56 Å². The number of nitrogens with zero attached hydrogens (tertiary/aromatic N) is 3. The highest BCUT2D eigenvalue weighted by atomic mass is 16.2. The standard InChI is InChI=1S/C19H22N4O2/c1-13(9-10-16-7-5-4-6-8-16)21-18(24)12-23-19(25)17(11-20)14(2)15(3)22-23/h4-8,13H,9-10,12H2,1-3H3,(H,21,24)/t13-/m0/s1. The van der Waals surface area contributed by atoms with Gasteiger partial charge in [-0.25, -0.2) is 4.68 Å². The molecular weight excluding hydrogens is 316 g/mol. The molecule has 130 valence electrons.